The van der Waals surface area contributed by atoms with Gasteiger partial charge in [0.05, 0.1) is 5.54 Å². The number of nitrogens with one attached hydrogen (secondary N) is 1. The summed E-state index contributed by atoms with van der Waals surface area (Å²) in [7, 11) is 0. The number of nitrogens with two attached hydrogens (primary N) is 1. The molecule has 1 saturated carbocycles. The Kier molecular flexibility index (Phi) is 2.18. The fourth-order valence-corrected chi connectivity index (χ4v) is 0.960. The van der Waals surface area contributed by atoms with Crippen LogP contribution in [0.5, 0.6) is 0 Å². The largest absolute Gasteiger partial charge is 0.312 e. The lowest BCUT2D eigenvalue weighted by atomic mass is 10.1. The maximum absolute atomic E-state index is 5.34. The van der Waals surface area contributed by atoms with E-state index in [1.165, 1.54) is 12.8 Å². The number of rotatable bonds is 1. The first-order chi connectivity index (χ1) is 5.03. The van der Waals surface area contributed by atoms with E-state index in [9.17, 15) is 0 Å². The zero-order valence-electron chi connectivity index (χ0n) is 7.52. The Bertz CT molecular complexity index is 163. The molecule has 1 aliphatic carbocycles. The standard InChI is InChI=1S/C8H17N3/c1-8(2,3)10-7(11-9)6-4-5-6/h6H,4-5,9H2,1-3H3,(H,10,11). The number of hydrogen-bond donors (Lipinski definition) is 2. The lowest BCUT2D eigenvalue weighted by Gasteiger charge is -2.15. The van der Waals surface area contributed by atoms with Crippen LogP contribution in [0.25, 0.3) is 0 Å². The van der Waals surface area contributed by atoms with Gasteiger partial charge >= 0.3 is 0 Å². The van der Waals surface area contributed by atoms with E-state index >= 15 is 0 Å². The minimum atomic E-state index is -0.00963. The van der Waals surface area contributed by atoms with Crippen molar-refractivity contribution in [2.75, 3.05) is 0 Å². The molecule has 0 saturated heterocycles. The average molecular weight is 155 g/mol. The third-order valence-electron chi connectivity index (χ3n) is 1.57. The number of aliphatic imine (C=N–C) groups is 1. The zero-order chi connectivity index (χ0) is 8.48. The van der Waals surface area contributed by atoms with Crippen molar-refractivity contribution >= 4 is 5.84 Å². The maximum atomic E-state index is 5.34. The van der Waals surface area contributed by atoms with Crippen molar-refractivity contribution in [1.82, 2.24) is 5.43 Å². The van der Waals surface area contributed by atoms with Crippen LogP contribution in [0.2, 0.25) is 0 Å². The molecule has 1 fully saturated rings. The summed E-state index contributed by atoms with van der Waals surface area (Å²) in [6, 6.07) is 0. The molecule has 0 aromatic rings. The predicted octanol–water partition coefficient (Wildman–Crippen LogP) is 1.06. The van der Waals surface area contributed by atoms with Crippen LogP contribution in [0.4, 0.5) is 0 Å². The first kappa shape index (κ1) is 8.53. The maximum Gasteiger partial charge on any atom is 0.114 e. The van der Waals surface area contributed by atoms with Crippen LogP contribution >= 0.6 is 0 Å². The molecular formula is C8H17N3. The molecule has 1 aliphatic rings. The smallest absolute Gasteiger partial charge is 0.114 e. The molecule has 3 nitrogen and oxygen atoms in total. The molecule has 0 aromatic heterocycles. The van der Waals surface area contributed by atoms with Crippen molar-refractivity contribution < 1.29 is 0 Å². The molecule has 0 aliphatic heterocycles. The zero-order valence-corrected chi connectivity index (χ0v) is 7.52. The van der Waals surface area contributed by atoms with Gasteiger partial charge in [0.1, 0.15) is 5.84 Å². The molecule has 3 N–H and O–H groups in total. The summed E-state index contributed by atoms with van der Waals surface area (Å²) in [5.41, 5.74) is 2.66. The topological polar surface area (TPSA) is 50.4 Å². The Hall–Kier alpha value is -0.570. The highest BCUT2D eigenvalue weighted by atomic mass is 15.3. The highest BCUT2D eigenvalue weighted by molar-refractivity contribution is 5.86. The van der Waals surface area contributed by atoms with Gasteiger partial charge in [0.2, 0.25) is 0 Å². The highest BCUT2D eigenvalue weighted by Gasteiger charge is 2.28. The Labute approximate surface area is 68.0 Å². The summed E-state index contributed by atoms with van der Waals surface area (Å²) in [6.07, 6.45) is 2.47. The van der Waals surface area contributed by atoms with E-state index in [4.69, 9.17) is 5.84 Å². The van der Waals surface area contributed by atoms with Gasteiger partial charge in [-0.3, -0.25) is 4.99 Å². The normalized spacial score (nSPS) is 20.2. The summed E-state index contributed by atoms with van der Waals surface area (Å²) in [5, 5.41) is 0. The molecule has 3 heteroatoms. The highest BCUT2D eigenvalue weighted by Crippen LogP contribution is 2.30. The van der Waals surface area contributed by atoms with Crippen molar-refractivity contribution in [3.63, 3.8) is 0 Å². The third-order valence-corrected chi connectivity index (χ3v) is 1.57. The van der Waals surface area contributed by atoms with Crippen LogP contribution in [-0.2, 0) is 0 Å². The van der Waals surface area contributed by atoms with Gasteiger partial charge in [-0.05, 0) is 33.6 Å². The summed E-state index contributed by atoms with van der Waals surface area (Å²) < 4.78 is 0. The number of hydrazine groups is 1. The first-order valence-electron chi connectivity index (χ1n) is 4.09. The molecule has 0 aromatic carbocycles. The van der Waals surface area contributed by atoms with Crippen molar-refractivity contribution in [3.8, 4) is 0 Å². The molecule has 0 radical (unpaired) electrons. The lowest BCUT2D eigenvalue weighted by molar-refractivity contribution is 0.575. The number of amidine groups is 1. The van der Waals surface area contributed by atoms with Crippen molar-refractivity contribution in [2.24, 2.45) is 16.8 Å². The van der Waals surface area contributed by atoms with Crippen molar-refractivity contribution in [1.29, 1.82) is 0 Å². The third kappa shape index (κ3) is 2.89. The van der Waals surface area contributed by atoms with Gasteiger partial charge in [0.15, 0.2) is 0 Å². The summed E-state index contributed by atoms with van der Waals surface area (Å²) in [4.78, 5) is 4.47. The van der Waals surface area contributed by atoms with Gasteiger partial charge < -0.3 is 5.43 Å². The fraction of sp³-hybridized carbons (Fsp3) is 0.875. The van der Waals surface area contributed by atoms with Crippen LogP contribution in [-0.4, -0.2) is 11.4 Å². The minimum Gasteiger partial charge on any atom is -0.312 e. The van der Waals surface area contributed by atoms with Gasteiger partial charge in [-0.1, -0.05) is 0 Å². The van der Waals surface area contributed by atoms with E-state index in [1.54, 1.807) is 0 Å². The van der Waals surface area contributed by atoms with Crippen LogP contribution in [0.3, 0.4) is 0 Å². The van der Waals surface area contributed by atoms with E-state index in [2.05, 4.69) is 31.2 Å². The Morgan fingerprint density at radius 1 is 1.45 bits per heavy atom. The molecule has 0 unspecified atom stereocenters. The molecule has 0 amide bonds. The van der Waals surface area contributed by atoms with E-state index in [0.717, 1.165) is 5.84 Å². The average Bonchev–Trinajstić information content (AvgIpc) is 2.61. The molecule has 0 atom stereocenters. The van der Waals surface area contributed by atoms with E-state index in [1.807, 2.05) is 0 Å². The molecule has 1 rings (SSSR count). The number of hydrogen-bond acceptors (Lipinski definition) is 2. The van der Waals surface area contributed by atoms with Crippen LogP contribution in [0.1, 0.15) is 33.6 Å². The van der Waals surface area contributed by atoms with Crippen LogP contribution in [0, 0.1) is 5.92 Å². The van der Waals surface area contributed by atoms with Gasteiger partial charge in [0, 0.05) is 5.92 Å². The van der Waals surface area contributed by atoms with E-state index in [0.29, 0.717) is 5.92 Å². The second kappa shape index (κ2) is 2.81. The second-order valence-corrected chi connectivity index (χ2v) is 4.09. The van der Waals surface area contributed by atoms with Crippen LogP contribution < -0.4 is 11.3 Å². The Morgan fingerprint density at radius 2 is 2.00 bits per heavy atom. The Balaban J connectivity index is 2.59. The fourth-order valence-electron chi connectivity index (χ4n) is 0.960. The summed E-state index contributed by atoms with van der Waals surface area (Å²) in [5.74, 6) is 6.92. The molecular weight excluding hydrogens is 138 g/mol. The first-order valence-corrected chi connectivity index (χ1v) is 4.09. The van der Waals surface area contributed by atoms with Gasteiger partial charge in [-0.25, -0.2) is 5.84 Å². The molecule has 0 bridgehead atoms. The van der Waals surface area contributed by atoms with Gasteiger partial charge in [-0.2, -0.15) is 0 Å². The summed E-state index contributed by atoms with van der Waals surface area (Å²) >= 11 is 0. The SMILES string of the molecule is CC(C)(C)N=C(NN)C1CC1. The Morgan fingerprint density at radius 3 is 2.27 bits per heavy atom. The molecule has 64 valence electrons. The van der Waals surface area contributed by atoms with Gasteiger partial charge in [0.25, 0.3) is 0 Å². The van der Waals surface area contributed by atoms with Crippen molar-refractivity contribution in [2.45, 2.75) is 39.2 Å². The van der Waals surface area contributed by atoms with E-state index < -0.39 is 0 Å². The van der Waals surface area contributed by atoms with Crippen molar-refractivity contribution in [3.05, 3.63) is 0 Å². The quantitative estimate of drug-likeness (QED) is 0.257. The summed E-state index contributed by atoms with van der Waals surface area (Å²) in [6.45, 7) is 6.23. The monoisotopic (exact) mass is 155 g/mol. The molecule has 11 heavy (non-hydrogen) atoms. The van der Waals surface area contributed by atoms with Crippen LogP contribution in [0.15, 0.2) is 4.99 Å². The molecule has 0 heterocycles. The second-order valence-electron chi connectivity index (χ2n) is 4.09. The minimum absolute atomic E-state index is 0.00963. The predicted molar refractivity (Wildman–Crippen MR) is 47.2 cm³/mol. The number of nitrogens with zero attached hydrogens (tertiary/aromatic N) is 1. The molecule has 0 spiro atoms. The lowest BCUT2D eigenvalue weighted by Crippen LogP contribution is -2.34. The van der Waals surface area contributed by atoms with E-state index in [-0.39, 0.29) is 5.54 Å². The van der Waals surface area contributed by atoms with Gasteiger partial charge in [-0.15, -0.1) is 0 Å².